The molecule has 0 bridgehead atoms. The third-order valence-electron chi connectivity index (χ3n) is 2.28. The van der Waals surface area contributed by atoms with E-state index in [1.807, 2.05) is 54.6 Å². The average Bonchev–Trinajstić information content (AvgIpc) is 2.40. The number of thioether (sulfide) groups is 1. The Kier molecular flexibility index (Phi) is 3.83. The number of benzene rings is 2. The second-order valence-corrected chi connectivity index (χ2v) is 4.48. The van der Waals surface area contributed by atoms with Crippen molar-refractivity contribution in [3.63, 3.8) is 0 Å². The molecule has 17 heavy (non-hydrogen) atoms. The van der Waals surface area contributed by atoms with Gasteiger partial charge in [-0.15, -0.1) is 0 Å². The lowest BCUT2D eigenvalue weighted by Crippen LogP contribution is -1.92. The molecule has 3 heteroatoms. The first-order valence-electron chi connectivity index (χ1n) is 5.21. The number of ether oxygens (including phenoxy) is 1. The average molecular weight is 244 g/mol. The highest BCUT2D eigenvalue weighted by Gasteiger charge is 2.07. The van der Waals surface area contributed by atoms with Crippen molar-refractivity contribution < 1.29 is 9.53 Å². The van der Waals surface area contributed by atoms with Gasteiger partial charge in [-0.25, -0.2) is 0 Å². The van der Waals surface area contributed by atoms with E-state index in [4.69, 9.17) is 4.74 Å². The van der Waals surface area contributed by atoms with E-state index in [9.17, 15) is 4.79 Å². The first kappa shape index (κ1) is 11.7. The minimum atomic E-state index is 0.0516. The Bertz CT molecular complexity index is 491. The zero-order chi connectivity index (χ0) is 12.1. The molecule has 0 heterocycles. The summed E-state index contributed by atoms with van der Waals surface area (Å²) in [5, 5.41) is 0.0516. The van der Waals surface area contributed by atoms with E-state index in [1.54, 1.807) is 7.11 Å². The highest BCUT2D eigenvalue weighted by atomic mass is 32.2. The summed E-state index contributed by atoms with van der Waals surface area (Å²) in [6.07, 6.45) is 0. The van der Waals surface area contributed by atoms with Crippen LogP contribution < -0.4 is 4.74 Å². The number of methoxy groups -OCH3 is 1. The predicted molar refractivity (Wildman–Crippen MR) is 69.6 cm³/mol. The van der Waals surface area contributed by atoms with Crippen molar-refractivity contribution >= 4 is 16.9 Å². The summed E-state index contributed by atoms with van der Waals surface area (Å²) in [7, 11) is 1.62. The van der Waals surface area contributed by atoms with Gasteiger partial charge in [0.05, 0.1) is 7.11 Å². The Morgan fingerprint density at radius 1 is 1.00 bits per heavy atom. The van der Waals surface area contributed by atoms with E-state index < -0.39 is 0 Å². The lowest BCUT2D eigenvalue weighted by atomic mass is 10.2. The molecule has 0 N–H and O–H groups in total. The van der Waals surface area contributed by atoms with Crippen molar-refractivity contribution in [2.45, 2.75) is 4.90 Å². The van der Waals surface area contributed by atoms with Gasteiger partial charge in [-0.2, -0.15) is 0 Å². The minimum Gasteiger partial charge on any atom is -0.497 e. The summed E-state index contributed by atoms with van der Waals surface area (Å²) in [5.41, 5.74) is 0.716. The molecule has 0 aliphatic carbocycles. The molecule has 0 spiro atoms. The molecule has 2 rings (SSSR count). The van der Waals surface area contributed by atoms with Gasteiger partial charge in [0.25, 0.3) is 0 Å². The fraction of sp³-hybridized carbons (Fsp3) is 0.0714. The molecule has 2 nitrogen and oxygen atoms in total. The molecule has 0 aliphatic heterocycles. The van der Waals surface area contributed by atoms with Crippen molar-refractivity contribution in [2.24, 2.45) is 0 Å². The van der Waals surface area contributed by atoms with Crippen molar-refractivity contribution in [1.82, 2.24) is 0 Å². The zero-order valence-corrected chi connectivity index (χ0v) is 10.2. The fourth-order valence-corrected chi connectivity index (χ4v) is 2.12. The van der Waals surface area contributed by atoms with Crippen LogP contribution in [0.25, 0.3) is 0 Å². The zero-order valence-electron chi connectivity index (χ0n) is 9.42. The van der Waals surface area contributed by atoms with Gasteiger partial charge in [-0.1, -0.05) is 30.3 Å². The van der Waals surface area contributed by atoms with Crippen LogP contribution >= 0.6 is 11.8 Å². The Morgan fingerprint density at radius 3 is 2.24 bits per heavy atom. The highest BCUT2D eigenvalue weighted by molar-refractivity contribution is 8.14. The minimum absolute atomic E-state index is 0.0516. The van der Waals surface area contributed by atoms with Gasteiger partial charge in [-0.05, 0) is 36.0 Å². The molecule has 2 aromatic rings. The summed E-state index contributed by atoms with van der Waals surface area (Å²) in [6.45, 7) is 0. The number of hydrogen-bond donors (Lipinski definition) is 0. The first-order chi connectivity index (χ1) is 8.29. The van der Waals surface area contributed by atoms with Crippen LogP contribution in [0.5, 0.6) is 5.75 Å². The lowest BCUT2D eigenvalue weighted by Gasteiger charge is -2.02. The lowest BCUT2D eigenvalue weighted by molar-refractivity contribution is 0.108. The number of carbonyl (C=O) groups is 1. The van der Waals surface area contributed by atoms with E-state index in [2.05, 4.69) is 0 Å². The second-order valence-electron chi connectivity index (χ2n) is 3.43. The van der Waals surface area contributed by atoms with Crippen LogP contribution in [0, 0.1) is 0 Å². The Morgan fingerprint density at radius 2 is 1.65 bits per heavy atom. The molecule has 2 aromatic carbocycles. The molecular weight excluding hydrogens is 232 g/mol. The predicted octanol–water partition coefficient (Wildman–Crippen LogP) is 3.63. The summed E-state index contributed by atoms with van der Waals surface area (Å²) in [5.74, 6) is 0.793. The molecule has 0 saturated heterocycles. The monoisotopic (exact) mass is 244 g/mol. The van der Waals surface area contributed by atoms with Crippen molar-refractivity contribution in [3.8, 4) is 5.75 Å². The van der Waals surface area contributed by atoms with Crippen LogP contribution in [0.2, 0.25) is 0 Å². The standard InChI is InChI=1S/C14H12O2S/c1-16-12-7-9-13(10-8-12)17-14(15)11-5-3-2-4-6-11/h2-10H,1H3. The maximum Gasteiger partial charge on any atom is 0.224 e. The normalized spacial score (nSPS) is 9.94. The fourth-order valence-electron chi connectivity index (χ4n) is 1.38. The van der Waals surface area contributed by atoms with Gasteiger partial charge in [0.1, 0.15) is 5.75 Å². The van der Waals surface area contributed by atoms with E-state index in [0.717, 1.165) is 10.6 Å². The third-order valence-corrected chi connectivity index (χ3v) is 3.21. The Labute approximate surface area is 105 Å². The van der Waals surface area contributed by atoms with Crippen LogP contribution in [0.4, 0.5) is 0 Å². The summed E-state index contributed by atoms with van der Waals surface area (Å²) in [4.78, 5) is 12.8. The highest BCUT2D eigenvalue weighted by Crippen LogP contribution is 2.24. The first-order valence-corrected chi connectivity index (χ1v) is 6.02. The molecular formula is C14H12O2S. The number of hydrogen-bond acceptors (Lipinski definition) is 3. The maximum absolute atomic E-state index is 11.9. The molecule has 0 aliphatic rings. The van der Waals surface area contributed by atoms with Gasteiger partial charge >= 0.3 is 0 Å². The molecule has 0 fully saturated rings. The van der Waals surface area contributed by atoms with Crippen LogP contribution in [-0.2, 0) is 0 Å². The molecule has 0 radical (unpaired) electrons. The number of carbonyl (C=O) groups excluding carboxylic acids is 1. The largest absolute Gasteiger partial charge is 0.497 e. The SMILES string of the molecule is COc1ccc(SC(=O)c2ccccc2)cc1. The van der Waals surface area contributed by atoms with Gasteiger partial charge in [0.2, 0.25) is 5.12 Å². The van der Waals surface area contributed by atoms with Crippen molar-refractivity contribution in [2.75, 3.05) is 7.11 Å². The van der Waals surface area contributed by atoms with Crippen molar-refractivity contribution in [1.29, 1.82) is 0 Å². The van der Waals surface area contributed by atoms with E-state index in [-0.39, 0.29) is 5.12 Å². The molecule has 0 atom stereocenters. The van der Waals surface area contributed by atoms with Gasteiger partial charge in [-0.3, -0.25) is 4.79 Å². The summed E-state index contributed by atoms with van der Waals surface area (Å²) < 4.78 is 5.06. The molecule has 0 aromatic heterocycles. The maximum atomic E-state index is 11.9. The number of rotatable bonds is 3. The third kappa shape index (κ3) is 3.11. The van der Waals surface area contributed by atoms with Crippen LogP contribution in [0.3, 0.4) is 0 Å². The summed E-state index contributed by atoms with van der Waals surface area (Å²) in [6, 6.07) is 16.7. The van der Waals surface area contributed by atoms with E-state index in [0.29, 0.717) is 5.56 Å². The topological polar surface area (TPSA) is 26.3 Å². The molecule has 0 saturated carbocycles. The molecule has 0 unspecified atom stereocenters. The quantitative estimate of drug-likeness (QED) is 0.771. The van der Waals surface area contributed by atoms with E-state index in [1.165, 1.54) is 11.8 Å². The van der Waals surface area contributed by atoms with Crippen LogP contribution in [-0.4, -0.2) is 12.2 Å². The smallest absolute Gasteiger partial charge is 0.224 e. The van der Waals surface area contributed by atoms with Gasteiger partial charge in [0, 0.05) is 10.5 Å². The van der Waals surface area contributed by atoms with Gasteiger partial charge in [0.15, 0.2) is 0 Å². The summed E-state index contributed by atoms with van der Waals surface area (Å²) >= 11 is 1.22. The Hall–Kier alpha value is -1.74. The van der Waals surface area contributed by atoms with E-state index >= 15 is 0 Å². The molecule has 86 valence electrons. The second kappa shape index (κ2) is 5.55. The van der Waals surface area contributed by atoms with Crippen LogP contribution in [0.15, 0.2) is 59.5 Å². The molecule has 0 amide bonds. The van der Waals surface area contributed by atoms with Crippen molar-refractivity contribution in [3.05, 3.63) is 60.2 Å². The van der Waals surface area contributed by atoms with Crippen LogP contribution in [0.1, 0.15) is 10.4 Å². The van der Waals surface area contributed by atoms with Gasteiger partial charge < -0.3 is 4.74 Å². The Balaban J connectivity index is 2.08.